The second-order valence-electron chi connectivity index (χ2n) is 5.97. The molecule has 1 aliphatic heterocycles. The number of amides is 1. The summed E-state index contributed by atoms with van der Waals surface area (Å²) in [7, 11) is 0. The molecule has 1 aromatic carbocycles. The third-order valence-electron chi connectivity index (χ3n) is 4.45. The third-order valence-corrected chi connectivity index (χ3v) is 4.45. The number of carbonyl (C=O) groups excluding carboxylic acids is 1. The Balaban J connectivity index is 1.65. The lowest BCUT2D eigenvalue weighted by Gasteiger charge is -2.28. The summed E-state index contributed by atoms with van der Waals surface area (Å²) >= 11 is 0. The van der Waals surface area contributed by atoms with Crippen LogP contribution >= 0.6 is 0 Å². The zero-order valence-corrected chi connectivity index (χ0v) is 13.4. The molecule has 1 amide bonds. The number of carbonyl (C=O) groups is 1. The molecule has 6 heteroatoms. The van der Waals surface area contributed by atoms with Crippen molar-refractivity contribution in [3.05, 3.63) is 48.5 Å². The van der Waals surface area contributed by atoms with E-state index in [2.05, 4.69) is 44.6 Å². The summed E-state index contributed by atoms with van der Waals surface area (Å²) in [5.41, 5.74) is 1.25. The van der Waals surface area contributed by atoms with E-state index in [0.717, 1.165) is 13.1 Å². The molecule has 6 nitrogen and oxygen atoms in total. The molecule has 1 saturated heterocycles. The summed E-state index contributed by atoms with van der Waals surface area (Å²) < 4.78 is 1.57. The van der Waals surface area contributed by atoms with E-state index in [1.165, 1.54) is 24.7 Å². The molecule has 0 aliphatic carbocycles. The molecule has 23 heavy (non-hydrogen) atoms. The van der Waals surface area contributed by atoms with Crippen molar-refractivity contribution in [3.63, 3.8) is 0 Å². The van der Waals surface area contributed by atoms with Gasteiger partial charge >= 0.3 is 0 Å². The first kappa shape index (κ1) is 15.7. The molecular formula is C17H23N5O. The van der Waals surface area contributed by atoms with Crippen LogP contribution in [0, 0.1) is 0 Å². The molecule has 0 spiro atoms. The lowest BCUT2D eigenvalue weighted by Crippen LogP contribution is -2.39. The smallest absolute Gasteiger partial charge is 0.244 e. The van der Waals surface area contributed by atoms with Gasteiger partial charge < -0.3 is 5.32 Å². The van der Waals surface area contributed by atoms with Crippen LogP contribution in [0.2, 0.25) is 0 Å². The zero-order chi connectivity index (χ0) is 16.1. The average molecular weight is 313 g/mol. The maximum Gasteiger partial charge on any atom is 0.244 e. The number of benzene rings is 1. The Morgan fingerprint density at radius 3 is 2.65 bits per heavy atom. The molecule has 0 bridgehead atoms. The SMILES string of the molecule is C[C@@H](C(=O)NC[C@@H](c1ccccc1)N1CCCC1)n1cncn1. The Bertz CT molecular complexity index is 607. The molecule has 0 saturated carbocycles. The standard InChI is InChI=1S/C17H23N5O/c1-14(22-13-18-12-20-22)17(23)19-11-16(21-9-5-6-10-21)15-7-3-2-4-8-15/h2-4,7-8,12-14,16H,5-6,9-11H2,1H3,(H,19,23)/t14-,16-/m0/s1. The van der Waals surface area contributed by atoms with Gasteiger partial charge in [0.15, 0.2) is 0 Å². The minimum absolute atomic E-state index is 0.0318. The topological polar surface area (TPSA) is 63.1 Å². The predicted octanol–water partition coefficient (Wildman–Crippen LogP) is 1.79. The molecule has 122 valence electrons. The molecule has 2 heterocycles. The van der Waals surface area contributed by atoms with Gasteiger partial charge in [-0.15, -0.1) is 0 Å². The summed E-state index contributed by atoms with van der Waals surface area (Å²) in [4.78, 5) is 18.7. The van der Waals surface area contributed by atoms with Crippen molar-refractivity contribution >= 4 is 5.91 Å². The van der Waals surface area contributed by atoms with E-state index in [-0.39, 0.29) is 18.0 Å². The van der Waals surface area contributed by atoms with E-state index in [9.17, 15) is 4.79 Å². The first-order valence-corrected chi connectivity index (χ1v) is 8.16. The van der Waals surface area contributed by atoms with E-state index in [0.29, 0.717) is 6.54 Å². The normalized spacial score (nSPS) is 17.8. The van der Waals surface area contributed by atoms with Crippen molar-refractivity contribution in [1.29, 1.82) is 0 Å². The monoisotopic (exact) mass is 313 g/mol. The highest BCUT2D eigenvalue weighted by atomic mass is 16.2. The van der Waals surface area contributed by atoms with Crippen LogP contribution in [-0.2, 0) is 4.79 Å². The molecule has 1 fully saturated rings. The quantitative estimate of drug-likeness (QED) is 0.883. The van der Waals surface area contributed by atoms with Gasteiger partial charge in [-0.1, -0.05) is 30.3 Å². The predicted molar refractivity (Wildman–Crippen MR) is 87.7 cm³/mol. The summed E-state index contributed by atoms with van der Waals surface area (Å²) in [5, 5.41) is 7.11. The Morgan fingerprint density at radius 2 is 2.00 bits per heavy atom. The Labute approximate surface area is 136 Å². The maximum absolute atomic E-state index is 12.4. The number of hydrogen-bond acceptors (Lipinski definition) is 4. The highest BCUT2D eigenvalue weighted by Crippen LogP contribution is 2.24. The van der Waals surface area contributed by atoms with E-state index in [1.54, 1.807) is 11.0 Å². The number of hydrogen-bond donors (Lipinski definition) is 1. The van der Waals surface area contributed by atoms with Gasteiger partial charge in [-0.2, -0.15) is 5.10 Å². The molecule has 0 radical (unpaired) electrons. The van der Waals surface area contributed by atoms with Gasteiger partial charge in [-0.3, -0.25) is 9.69 Å². The zero-order valence-electron chi connectivity index (χ0n) is 13.4. The lowest BCUT2D eigenvalue weighted by atomic mass is 10.1. The summed E-state index contributed by atoms with van der Waals surface area (Å²) in [5.74, 6) is -0.0318. The molecular weight excluding hydrogens is 290 g/mol. The van der Waals surface area contributed by atoms with Crippen LogP contribution in [0.5, 0.6) is 0 Å². The van der Waals surface area contributed by atoms with Crippen LogP contribution < -0.4 is 5.32 Å². The fourth-order valence-corrected chi connectivity index (χ4v) is 3.07. The van der Waals surface area contributed by atoms with E-state index in [1.807, 2.05) is 13.0 Å². The first-order valence-electron chi connectivity index (χ1n) is 8.16. The van der Waals surface area contributed by atoms with Crippen LogP contribution in [-0.4, -0.2) is 45.2 Å². The molecule has 3 rings (SSSR count). The van der Waals surface area contributed by atoms with E-state index >= 15 is 0 Å². The highest BCUT2D eigenvalue weighted by Gasteiger charge is 2.25. The van der Waals surface area contributed by atoms with Crippen LogP contribution in [0.25, 0.3) is 0 Å². The highest BCUT2D eigenvalue weighted by molar-refractivity contribution is 5.79. The number of nitrogens with one attached hydrogen (secondary N) is 1. The number of aromatic nitrogens is 3. The molecule has 0 unspecified atom stereocenters. The van der Waals surface area contributed by atoms with Crippen molar-refractivity contribution in [3.8, 4) is 0 Å². The van der Waals surface area contributed by atoms with Gasteiger partial charge in [0.25, 0.3) is 0 Å². The molecule has 1 N–H and O–H groups in total. The van der Waals surface area contributed by atoms with Crippen molar-refractivity contribution in [2.45, 2.75) is 31.8 Å². The summed E-state index contributed by atoms with van der Waals surface area (Å²) in [6.07, 6.45) is 5.47. The summed E-state index contributed by atoms with van der Waals surface area (Å²) in [6.45, 7) is 4.63. The summed E-state index contributed by atoms with van der Waals surface area (Å²) in [6, 6.07) is 10.3. The average Bonchev–Trinajstić information content (AvgIpc) is 3.29. The van der Waals surface area contributed by atoms with Crippen molar-refractivity contribution in [1.82, 2.24) is 25.0 Å². The minimum Gasteiger partial charge on any atom is -0.352 e. The van der Waals surface area contributed by atoms with Gasteiger partial charge in [-0.25, -0.2) is 9.67 Å². The third kappa shape index (κ3) is 3.76. The van der Waals surface area contributed by atoms with Crippen LogP contribution in [0.3, 0.4) is 0 Å². The van der Waals surface area contributed by atoms with Crippen molar-refractivity contribution in [2.75, 3.05) is 19.6 Å². The van der Waals surface area contributed by atoms with Gasteiger partial charge in [0.1, 0.15) is 18.7 Å². The van der Waals surface area contributed by atoms with Crippen LogP contribution in [0.1, 0.15) is 37.4 Å². The fraction of sp³-hybridized carbons (Fsp3) is 0.471. The minimum atomic E-state index is -0.354. The molecule has 1 aromatic heterocycles. The van der Waals surface area contributed by atoms with E-state index in [4.69, 9.17) is 0 Å². The number of nitrogens with zero attached hydrogens (tertiary/aromatic N) is 4. The second-order valence-corrected chi connectivity index (χ2v) is 5.97. The van der Waals surface area contributed by atoms with Gasteiger partial charge in [-0.05, 0) is 38.4 Å². The first-order chi connectivity index (χ1) is 11.3. The Morgan fingerprint density at radius 1 is 1.26 bits per heavy atom. The van der Waals surface area contributed by atoms with Crippen molar-refractivity contribution in [2.24, 2.45) is 0 Å². The van der Waals surface area contributed by atoms with Gasteiger partial charge in [0, 0.05) is 6.54 Å². The van der Waals surface area contributed by atoms with Crippen LogP contribution in [0.4, 0.5) is 0 Å². The van der Waals surface area contributed by atoms with Crippen LogP contribution in [0.15, 0.2) is 43.0 Å². The maximum atomic E-state index is 12.4. The molecule has 1 aliphatic rings. The van der Waals surface area contributed by atoms with Crippen molar-refractivity contribution < 1.29 is 4.79 Å². The van der Waals surface area contributed by atoms with Gasteiger partial charge in [0.2, 0.25) is 5.91 Å². The van der Waals surface area contributed by atoms with E-state index < -0.39 is 0 Å². The second kappa shape index (κ2) is 7.37. The van der Waals surface area contributed by atoms with Gasteiger partial charge in [0.05, 0.1) is 6.04 Å². The Hall–Kier alpha value is -2.21. The Kier molecular flexibility index (Phi) is 5.02. The fourth-order valence-electron chi connectivity index (χ4n) is 3.07. The lowest BCUT2D eigenvalue weighted by molar-refractivity contribution is -0.124. The molecule has 2 aromatic rings. The largest absolute Gasteiger partial charge is 0.352 e. The molecule has 2 atom stereocenters. The number of likely N-dealkylation sites (tertiary alicyclic amines) is 1. The number of rotatable bonds is 6.